The van der Waals surface area contributed by atoms with Crippen LogP contribution in [0.3, 0.4) is 0 Å². The minimum Gasteiger partial charge on any atom is -0.384 e. The third-order valence-corrected chi connectivity index (χ3v) is 1.41. The molecule has 0 aliphatic carbocycles. The van der Waals surface area contributed by atoms with Crippen LogP contribution in [0.15, 0.2) is 30.3 Å². The van der Waals surface area contributed by atoms with Crippen molar-refractivity contribution in [2.24, 2.45) is 0 Å². The van der Waals surface area contributed by atoms with E-state index in [1.165, 1.54) is 6.29 Å². The molecule has 0 bridgehead atoms. The van der Waals surface area contributed by atoms with E-state index in [1.807, 2.05) is 30.3 Å². The fourth-order valence-corrected chi connectivity index (χ4v) is 0.879. The average molecular weight is 149 g/mol. The van der Waals surface area contributed by atoms with Crippen LogP contribution in [0.4, 0.5) is 0 Å². The van der Waals surface area contributed by atoms with Crippen molar-refractivity contribution in [3.05, 3.63) is 35.9 Å². The molecule has 11 heavy (non-hydrogen) atoms. The molecule has 0 spiro atoms. The van der Waals surface area contributed by atoms with E-state index < -0.39 is 6.10 Å². The third kappa shape index (κ3) is 2.51. The van der Waals surface area contributed by atoms with Crippen LogP contribution >= 0.6 is 0 Å². The Morgan fingerprint density at radius 3 is 2.55 bits per heavy atom. The van der Waals surface area contributed by atoms with Crippen LogP contribution in [0.5, 0.6) is 0 Å². The molecule has 0 aliphatic heterocycles. The van der Waals surface area contributed by atoms with E-state index in [2.05, 4.69) is 0 Å². The Kier molecular flexibility index (Phi) is 2.81. The molecule has 1 atom stereocenters. The van der Waals surface area contributed by atoms with E-state index in [1.54, 1.807) is 0 Å². The fourth-order valence-electron chi connectivity index (χ4n) is 0.879. The molecule has 0 heterocycles. The lowest BCUT2D eigenvalue weighted by Crippen LogP contribution is -2.10. The van der Waals surface area contributed by atoms with Crippen molar-refractivity contribution < 1.29 is 9.90 Å². The molecule has 1 radical (unpaired) electrons. The molecule has 1 rings (SSSR count). The SMILES string of the molecule is O=[C]C(O)Cc1ccccc1. The molecule has 0 amide bonds. The zero-order chi connectivity index (χ0) is 8.10. The summed E-state index contributed by atoms with van der Waals surface area (Å²) in [6, 6.07) is 9.35. The molecule has 0 aromatic heterocycles. The molecule has 0 fully saturated rings. The topological polar surface area (TPSA) is 37.3 Å². The van der Waals surface area contributed by atoms with Crippen LogP contribution in [0.1, 0.15) is 5.56 Å². The van der Waals surface area contributed by atoms with E-state index in [9.17, 15) is 4.79 Å². The molecular formula is C9H9O2. The van der Waals surface area contributed by atoms with Gasteiger partial charge in [-0.2, -0.15) is 0 Å². The zero-order valence-electron chi connectivity index (χ0n) is 6.03. The molecule has 1 aromatic rings. The standard InChI is InChI=1S/C9H9O2/c10-7-9(11)6-8-4-2-1-3-5-8/h1-5,9,11H,6H2. The van der Waals surface area contributed by atoms with Gasteiger partial charge in [-0.05, 0) is 5.56 Å². The number of hydrogen-bond acceptors (Lipinski definition) is 2. The molecule has 1 unspecified atom stereocenters. The highest BCUT2D eigenvalue weighted by Gasteiger charge is 2.02. The summed E-state index contributed by atoms with van der Waals surface area (Å²) in [5.41, 5.74) is 0.948. The lowest BCUT2D eigenvalue weighted by atomic mass is 10.1. The van der Waals surface area contributed by atoms with Gasteiger partial charge in [-0.25, -0.2) is 0 Å². The first-order valence-electron chi connectivity index (χ1n) is 3.42. The zero-order valence-corrected chi connectivity index (χ0v) is 6.03. The van der Waals surface area contributed by atoms with Crippen molar-refractivity contribution in [3.63, 3.8) is 0 Å². The predicted octanol–water partition coefficient (Wildman–Crippen LogP) is 0.700. The number of rotatable bonds is 3. The smallest absolute Gasteiger partial charge is 0.229 e. The highest BCUT2D eigenvalue weighted by Crippen LogP contribution is 2.00. The molecule has 0 saturated carbocycles. The summed E-state index contributed by atoms with van der Waals surface area (Å²) in [5.74, 6) is 0. The van der Waals surface area contributed by atoms with E-state index in [4.69, 9.17) is 5.11 Å². The van der Waals surface area contributed by atoms with Gasteiger partial charge in [0, 0.05) is 6.42 Å². The monoisotopic (exact) mass is 149 g/mol. The largest absolute Gasteiger partial charge is 0.384 e. The number of benzene rings is 1. The molecule has 1 N–H and O–H groups in total. The Morgan fingerprint density at radius 2 is 2.00 bits per heavy atom. The highest BCUT2D eigenvalue weighted by molar-refractivity contribution is 5.57. The summed E-state index contributed by atoms with van der Waals surface area (Å²) in [4.78, 5) is 9.93. The maximum Gasteiger partial charge on any atom is 0.229 e. The molecule has 0 saturated heterocycles. The highest BCUT2D eigenvalue weighted by atomic mass is 16.3. The molecule has 2 nitrogen and oxygen atoms in total. The molecule has 1 aromatic carbocycles. The van der Waals surface area contributed by atoms with Gasteiger partial charge in [-0.1, -0.05) is 30.3 Å². The maximum atomic E-state index is 9.93. The second kappa shape index (κ2) is 3.88. The van der Waals surface area contributed by atoms with Crippen molar-refractivity contribution in [2.75, 3.05) is 0 Å². The van der Waals surface area contributed by atoms with Gasteiger partial charge in [-0.15, -0.1) is 0 Å². The van der Waals surface area contributed by atoms with Crippen LogP contribution in [0.2, 0.25) is 0 Å². The number of aliphatic hydroxyl groups is 1. The Bertz CT molecular complexity index is 218. The van der Waals surface area contributed by atoms with E-state index >= 15 is 0 Å². The third-order valence-electron chi connectivity index (χ3n) is 1.41. The van der Waals surface area contributed by atoms with Crippen molar-refractivity contribution in [1.82, 2.24) is 0 Å². The van der Waals surface area contributed by atoms with Crippen LogP contribution in [0, 0.1) is 0 Å². The minimum atomic E-state index is -0.989. The normalized spacial score (nSPS) is 12.5. The Hall–Kier alpha value is -1.15. The Labute approximate surface area is 65.5 Å². The van der Waals surface area contributed by atoms with E-state index in [-0.39, 0.29) is 0 Å². The summed E-state index contributed by atoms with van der Waals surface area (Å²) >= 11 is 0. The van der Waals surface area contributed by atoms with Gasteiger partial charge in [0.1, 0.15) is 6.10 Å². The van der Waals surface area contributed by atoms with Gasteiger partial charge in [0.05, 0.1) is 0 Å². The second-order valence-electron chi connectivity index (χ2n) is 2.32. The fraction of sp³-hybridized carbons (Fsp3) is 0.222. The van der Waals surface area contributed by atoms with E-state index in [0.29, 0.717) is 6.42 Å². The predicted molar refractivity (Wildman–Crippen MR) is 41.8 cm³/mol. The van der Waals surface area contributed by atoms with Crippen LogP contribution in [-0.4, -0.2) is 17.5 Å². The molecular weight excluding hydrogens is 140 g/mol. The summed E-state index contributed by atoms with van der Waals surface area (Å²) in [6.45, 7) is 0. The molecule has 57 valence electrons. The average Bonchev–Trinajstić information content (AvgIpc) is 2.06. The van der Waals surface area contributed by atoms with Crippen molar-refractivity contribution in [1.29, 1.82) is 0 Å². The van der Waals surface area contributed by atoms with Gasteiger partial charge in [0.25, 0.3) is 0 Å². The lowest BCUT2D eigenvalue weighted by Gasteiger charge is -2.00. The maximum absolute atomic E-state index is 9.93. The van der Waals surface area contributed by atoms with Crippen LogP contribution in [-0.2, 0) is 11.2 Å². The van der Waals surface area contributed by atoms with Gasteiger partial charge in [0.15, 0.2) is 0 Å². The first-order chi connectivity index (χ1) is 5.33. The molecule has 0 aliphatic rings. The quantitative estimate of drug-likeness (QED) is 0.686. The van der Waals surface area contributed by atoms with Crippen molar-refractivity contribution >= 4 is 6.29 Å². The first-order valence-corrected chi connectivity index (χ1v) is 3.42. The van der Waals surface area contributed by atoms with Crippen LogP contribution < -0.4 is 0 Å². The van der Waals surface area contributed by atoms with Crippen molar-refractivity contribution in [3.8, 4) is 0 Å². The summed E-state index contributed by atoms with van der Waals surface area (Å²) < 4.78 is 0. The van der Waals surface area contributed by atoms with Crippen molar-refractivity contribution in [2.45, 2.75) is 12.5 Å². The summed E-state index contributed by atoms with van der Waals surface area (Å²) in [6.07, 6.45) is 0.882. The Morgan fingerprint density at radius 1 is 1.36 bits per heavy atom. The summed E-state index contributed by atoms with van der Waals surface area (Å²) in [5, 5.41) is 8.89. The van der Waals surface area contributed by atoms with Gasteiger partial charge in [0.2, 0.25) is 6.29 Å². The van der Waals surface area contributed by atoms with Gasteiger partial charge < -0.3 is 5.11 Å². The summed E-state index contributed by atoms with van der Waals surface area (Å²) in [7, 11) is 0. The van der Waals surface area contributed by atoms with Gasteiger partial charge >= 0.3 is 0 Å². The molecule has 2 heteroatoms. The lowest BCUT2D eigenvalue weighted by molar-refractivity contribution is 0.235. The number of aliphatic hydroxyl groups excluding tert-OH is 1. The van der Waals surface area contributed by atoms with Crippen LogP contribution in [0.25, 0.3) is 0 Å². The van der Waals surface area contributed by atoms with Gasteiger partial charge in [-0.3, -0.25) is 4.79 Å². The van der Waals surface area contributed by atoms with E-state index in [0.717, 1.165) is 5.56 Å². The number of carbonyl (C=O) groups excluding carboxylic acids is 1. The first kappa shape index (κ1) is 7.95. The number of hydrogen-bond donors (Lipinski definition) is 1. The minimum absolute atomic E-state index is 0.352. The Balaban J connectivity index is 2.57. The second-order valence-corrected chi connectivity index (χ2v) is 2.32.